The van der Waals surface area contributed by atoms with Crippen LogP contribution < -0.4 is 5.32 Å². The van der Waals surface area contributed by atoms with Gasteiger partial charge in [0.25, 0.3) is 0 Å². The second-order valence-corrected chi connectivity index (χ2v) is 6.54. The maximum atomic E-state index is 10.1. The number of rotatable bonds is 7. The van der Waals surface area contributed by atoms with Gasteiger partial charge in [0, 0.05) is 24.7 Å². The average molecular weight is 285 g/mol. The van der Waals surface area contributed by atoms with E-state index in [9.17, 15) is 5.11 Å². The summed E-state index contributed by atoms with van der Waals surface area (Å²) < 4.78 is 0. The Labute approximate surface area is 121 Å². The molecule has 1 unspecified atom stereocenters. The Morgan fingerprint density at radius 2 is 1.84 bits per heavy atom. The van der Waals surface area contributed by atoms with Crippen molar-refractivity contribution in [2.75, 3.05) is 33.7 Å². The molecule has 0 saturated heterocycles. The average Bonchev–Trinajstić information content (AvgIpc) is 2.27. The van der Waals surface area contributed by atoms with Gasteiger partial charge in [-0.3, -0.25) is 0 Å². The number of halogens is 1. The summed E-state index contributed by atoms with van der Waals surface area (Å²) >= 11 is 5.83. The molecule has 3 nitrogen and oxygen atoms in total. The molecule has 1 aromatic carbocycles. The summed E-state index contributed by atoms with van der Waals surface area (Å²) in [5, 5.41) is 14.1. The molecule has 0 saturated carbocycles. The van der Waals surface area contributed by atoms with Crippen molar-refractivity contribution in [2.24, 2.45) is 5.41 Å². The molecule has 1 aromatic rings. The third kappa shape index (κ3) is 6.39. The molecule has 0 amide bonds. The summed E-state index contributed by atoms with van der Waals surface area (Å²) in [6, 6.07) is 7.32. The van der Waals surface area contributed by atoms with E-state index in [1.807, 2.05) is 12.1 Å². The van der Waals surface area contributed by atoms with Gasteiger partial charge in [-0.05, 0) is 37.2 Å². The highest BCUT2D eigenvalue weighted by Gasteiger charge is 2.19. The highest BCUT2D eigenvalue weighted by atomic mass is 35.5. The Morgan fingerprint density at radius 3 is 2.37 bits per heavy atom. The van der Waals surface area contributed by atoms with Gasteiger partial charge in [-0.15, -0.1) is 0 Å². The molecule has 0 aromatic heterocycles. The zero-order valence-electron chi connectivity index (χ0n) is 12.3. The van der Waals surface area contributed by atoms with Crippen molar-refractivity contribution < 1.29 is 5.11 Å². The second-order valence-electron chi connectivity index (χ2n) is 6.10. The molecule has 4 heteroatoms. The van der Waals surface area contributed by atoms with Crippen molar-refractivity contribution in [1.82, 2.24) is 10.2 Å². The van der Waals surface area contributed by atoms with Gasteiger partial charge in [-0.1, -0.05) is 37.6 Å². The fourth-order valence-electron chi connectivity index (χ4n) is 2.26. The molecule has 0 fully saturated rings. The van der Waals surface area contributed by atoms with E-state index in [1.54, 1.807) is 12.1 Å². The largest absolute Gasteiger partial charge is 0.387 e. The van der Waals surface area contributed by atoms with Gasteiger partial charge in [-0.25, -0.2) is 0 Å². The van der Waals surface area contributed by atoms with Gasteiger partial charge in [0.05, 0.1) is 6.10 Å². The summed E-state index contributed by atoms with van der Waals surface area (Å²) in [7, 11) is 4.15. The molecular formula is C15H25ClN2O. The van der Waals surface area contributed by atoms with Crippen LogP contribution in [0.15, 0.2) is 24.3 Å². The normalized spacial score (nSPS) is 13.8. The van der Waals surface area contributed by atoms with Crippen LogP contribution in [0.5, 0.6) is 0 Å². The van der Waals surface area contributed by atoms with E-state index in [1.165, 1.54) is 0 Å². The maximum Gasteiger partial charge on any atom is 0.0914 e. The minimum Gasteiger partial charge on any atom is -0.387 e. The highest BCUT2D eigenvalue weighted by molar-refractivity contribution is 6.30. The van der Waals surface area contributed by atoms with Crippen LogP contribution in [0.3, 0.4) is 0 Å². The fourth-order valence-corrected chi connectivity index (χ4v) is 2.39. The predicted octanol–water partition coefficient (Wildman–Crippen LogP) is 2.55. The monoisotopic (exact) mass is 284 g/mol. The first-order valence-electron chi connectivity index (χ1n) is 6.59. The Kier molecular flexibility index (Phi) is 6.27. The van der Waals surface area contributed by atoms with Crippen molar-refractivity contribution in [3.63, 3.8) is 0 Å². The maximum absolute atomic E-state index is 10.1. The number of hydrogen-bond acceptors (Lipinski definition) is 3. The predicted molar refractivity (Wildman–Crippen MR) is 81.6 cm³/mol. The molecule has 1 atom stereocenters. The van der Waals surface area contributed by atoms with Crippen molar-refractivity contribution in [3.05, 3.63) is 34.9 Å². The first-order chi connectivity index (χ1) is 8.80. The van der Waals surface area contributed by atoms with Crippen molar-refractivity contribution in [1.29, 1.82) is 0 Å². The lowest BCUT2D eigenvalue weighted by Gasteiger charge is -2.29. The molecule has 108 valence electrons. The number of nitrogens with one attached hydrogen (secondary N) is 1. The number of aliphatic hydroxyl groups excluding tert-OH is 1. The lowest BCUT2D eigenvalue weighted by atomic mass is 9.93. The minimum atomic E-state index is -0.493. The van der Waals surface area contributed by atoms with Crippen molar-refractivity contribution >= 4 is 11.6 Å². The molecule has 2 N–H and O–H groups in total. The van der Waals surface area contributed by atoms with E-state index in [-0.39, 0.29) is 5.41 Å². The van der Waals surface area contributed by atoms with Crippen LogP contribution in [0.25, 0.3) is 0 Å². The number of nitrogens with zero attached hydrogens (tertiary/aromatic N) is 1. The van der Waals surface area contributed by atoms with E-state index >= 15 is 0 Å². The third-order valence-corrected chi connectivity index (χ3v) is 3.19. The van der Waals surface area contributed by atoms with Gasteiger partial charge in [-0.2, -0.15) is 0 Å². The van der Waals surface area contributed by atoms with Crippen LogP contribution >= 0.6 is 11.6 Å². The quantitative estimate of drug-likeness (QED) is 0.808. The first-order valence-corrected chi connectivity index (χ1v) is 6.97. The van der Waals surface area contributed by atoms with Crippen LogP contribution in [0, 0.1) is 5.41 Å². The summed E-state index contributed by atoms with van der Waals surface area (Å²) in [6.45, 7) is 6.87. The molecule has 0 aliphatic rings. The topological polar surface area (TPSA) is 35.5 Å². The van der Waals surface area contributed by atoms with Gasteiger partial charge < -0.3 is 15.3 Å². The molecule has 0 radical (unpaired) electrons. The Morgan fingerprint density at radius 1 is 1.26 bits per heavy atom. The molecule has 1 rings (SSSR count). The fraction of sp³-hybridized carbons (Fsp3) is 0.600. The smallest absolute Gasteiger partial charge is 0.0914 e. The van der Waals surface area contributed by atoms with Crippen LogP contribution in [-0.2, 0) is 0 Å². The zero-order chi connectivity index (χ0) is 14.5. The second kappa shape index (κ2) is 7.25. The summed E-state index contributed by atoms with van der Waals surface area (Å²) in [4.78, 5) is 2.18. The SMILES string of the molecule is CN(C)CC(C)(C)CNCC(O)c1ccc(Cl)cc1. The van der Waals surface area contributed by atoms with E-state index in [0.29, 0.717) is 11.6 Å². The van der Waals surface area contributed by atoms with Gasteiger partial charge in [0.2, 0.25) is 0 Å². The van der Waals surface area contributed by atoms with Crippen LogP contribution in [0.1, 0.15) is 25.5 Å². The van der Waals surface area contributed by atoms with E-state index in [2.05, 4.69) is 38.2 Å². The molecular weight excluding hydrogens is 260 g/mol. The Hall–Kier alpha value is -0.610. The number of aliphatic hydroxyl groups is 1. The van der Waals surface area contributed by atoms with Crippen molar-refractivity contribution in [2.45, 2.75) is 20.0 Å². The molecule has 0 heterocycles. The van der Waals surface area contributed by atoms with Crippen molar-refractivity contribution in [3.8, 4) is 0 Å². The molecule has 0 spiro atoms. The van der Waals surface area contributed by atoms with E-state index in [0.717, 1.165) is 18.7 Å². The van der Waals surface area contributed by atoms with E-state index in [4.69, 9.17) is 11.6 Å². The number of benzene rings is 1. The molecule has 0 bridgehead atoms. The lowest BCUT2D eigenvalue weighted by molar-refractivity contribution is 0.162. The summed E-state index contributed by atoms with van der Waals surface area (Å²) in [5.74, 6) is 0. The summed E-state index contributed by atoms with van der Waals surface area (Å²) in [6.07, 6.45) is -0.493. The molecule has 19 heavy (non-hydrogen) atoms. The van der Waals surface area contributed by atoms with Gasteiger partial charge in [0.1, 0.15) is 0 Å². The zero-order valence-corrected chi connectivity index (χ0v) is 13.0. The third-order valence-electron chi connectivity index (χ3n) is 2.94. The Balaban J connectivity index is 2.38. The number of hydrogen-bond donors (Lipinski definition) is 2. The Bertz CT molecular complexity index is 376. The highest BCUT2D eigenvalue weighted by Crippen LogP contribution is 2.17. The van der Waals surface area contributed by atoms with Crippen LogP contribution in [0.4, 0.5) is 0 Å². The minimum absolute atomic E-state index is 0.184. The van der Waals surface area contributed by atoms with Gasteiger partial charge in [0.15, 0.2) is 0 Å². The molecule has 0 aliphatic carbocycles. The first kappa shape index (κ1) is 16.4. The molecule has 0 aliphatic heterocycles. The van der Waals surface area contributed by atoms with E-state index < -0.39 is 6.10 Å². The lowest BCUT2D eigenvalue weighted by Crippen LogP contribution is -2.38. The standard InChI is InChI=1S/C15H25ClN2O/c1-15(2,11-18(3)4)10-17-9-14(19)12-5-7-13(16)8-6-12/h5-8,14,17,19H,9-11H2,1-4H3. The van der Waals surface area contributed by atoms with Crippen LogP contribution in [-0.4, -0.2) is 43.7 Å². The van der Waals surface area contributed by atoms with Gasteiger partial charge >= 0.3 is 0 Å². The summed E-state index contributed by atoms with van der Waals surface area (Å²) in [5.41, 5.74) is 1.07. The van der Waals surface area contributed by atoms with Crippen LogP contribution in [0.2, 0.25) is 5.02 Å².